The number of sulfonamides is 1. The van der Waals surface area contributed by atoms with E-state index in [-0.39, 0.29) is 16.8 Å². The summed E-state index contributed by atoms with van der Waals surface area (Å²) >= 11 is 0. The summed E-state index contributed by atoms with van der Waals surface area (Å²) in [4.78, 5) is 12.5. The van der Waals surface area contributed by atoms with E-state index in [9.17, 15) is 13.2 Å². The normalized spacial score (nSPS) is 21.0. The van der Waals surface area contributed by atoms with E-state index >= 15 is 0 Å². The van der Waals surface area contributed by atoms with Crippen LogP contribution >= 0.6 is 0 Å². The molecule has 6 nitrogen and oxygen atoms in total. The van der Waals surface area contributed by atoms with Gasteiger partial charge in [-0.15, -0.1) is 0 Å². The van der Waals surface area contributed by atoms with Crippen LogP contribution in [-0.4, -0.2) is 42.3 Å². The maximum absolute atomic E-state index is 12.5. The average Bonchev–Trinajstić information content (AvgIpc) is 3.00. The molecule has 1 saturated carbocycles. The van der Waals surface area contributed by atoms with Crippen molar-refractivity contribution < 1.29 is 13.2 Å². The van der Waals surface area contributed by atoms with Crippen LogP contribution in [0.25, 0.3) is 0 Å². The Balaban J connectivity index is 1.79. The van der Waals surface area contributed by atoms with E-state index in [2.05, 4.69) is 5.32 Å². The van der Waals surface area contributed by atoms with Gasteiger partial charge >= 0.3 is 0 Å². The molecule has 1 aromatic rings. The predicted octanol–water partition coefficient (Wildman–Crippen LogP) is 1.34. The molecule has 3 rings (SSSR count). The van der Waals surface area contributed by atoms with E-state index in [0.29, 0.717) is 24.7 Å². The molecule has 1 N–H and O–H groups in total. The minimum Gasteiger partial charge on any atom is -0.348 e. The Morgan fingerprint density at radius 1 is 1.32 bits per heavy atom. The highest BCUT2D eigenvalue weighted by Gasteiger charge is 2.31. The standard InChI is InChI=1S/C15H23N3O3S/c1-11(12-5-6-12)16-15(19)14-9-13(10-17(14)2)22(20,21)18-7-3-4-8-18/h9-12H,3-8H2,1-2H3,(H,16,19). The number of rotatable bonds is 5. The molecular formula is C15H23N3O3S. The second-order valence-electron chi connectivity index (χ2n) is 6.38. The zero-order chi connectivity index (χ0) is 15.9. The van der Waals surface area contributed by atoms with Crippen molar-refractivity contribution in [3.05, 3.63) is 18.0 Å². The number of carbonyl (C=O) groups is 1. The van der Waals surface area contributed by atoms with Crippen molar-refractivity contribution >= 4 is 15.9 Å². The molecule has 1 unspecified atom stereocenters. The van der Waals surface area contributed by atoms with Crippen LogP contribution in [0.3, 0.4) is 0 Å². The maximum atomic E-state index is 12.5. The molecule has 2 heterocycles. The van der Waals surface area contributed by atoms with E-state index < -0.39 is 10.0 Å². The highest BCUT2D eigenvalue weighted by molar-refractivity contribution is 7.89. The van der Waals surface area contributed by atoms with E-state index in [1.165, 1.54) is 16.6 Å². The molecule has 1 aromatic heterocycles. The van der Waals surface area contributed by atoms with Crippen LogP contribution in [0.2, 0.25) is 0 Å². The van der Waals surface area contributed by atoms with Gasteiger partial charge in [0.05, 0.1) is 0 Å². The lowest BCUT2D eigenvalue weighted by atomic mass is 10.2. The molecule has 0 aromatic carbocycles. The van der Waals surface area contributed by atoms with Gasteiger partial charge in [-0.1, -0.05) is 0 Å². The van der Waals surface area contributed by atoms with Crippen molar-refractivity contribution in [1.29, 1.82) is 0 Å². The molecule has 2 fully saturated rings. The van der Waals surface area contributed by atoms with Gasteiger partial charge in [0.15, 0.2) is 0 Å². The number of aryl methyl sites for hydroxylation is 1. The number of amides is 1. The fourth-order valence-electron chi connectivity index (χ4n) is 2.97. The largest absolute Gasteiger partial charge is 0.348 e. The van der Waals surface area contributed by atoms with Crippen LogP contribution in [0.5, 0.6) is 0 Å². The van der Waals surface area contributed by atoms with Gasteiger partial charge in [-0.25, -0.2) is 8.42 Å². The molecule has 122 valence electrons. The van der Waals surface area contributed by atoms with Gasteiger partial charge < -0.3 is 9.88 Å². The molecule has 0 bridgehead atoms. The van der Waals surface area contributed by atoms with Gasteiger partial charge in [0.2, 0.25) is 10.0 Å². The molecule has 7 heteroatoms. The van der Waals surface area contributed by atoms with Gasteiger partial charge in [-0.05, 0) is 44.6 Å². The average molecular weight is 325 g/mol. The van der Waals surface area contributed by atoms with Gasteiger partial charge in [-0.2, -0.15) is 4.31 Å². The first kappa shape index (κ1) is 15.6. The van der Waals surface area contributed by atoms with Crippen LogP contribution in [0, 0.1) is 5.92 Å². The number of aromatic nitrogens is 1. The number of hydrogen-bond donors (Lipinski definition) is 1. The summed E-state index contributed by atoms with van der Waals surface area (Å²) in [5.74, 6) is 0.363. The first-order valence-electron chi connectivity index (χ1n) is 7.87. The van der Waals surface area contributed by atoms with E-state index in [1.807, 2.05) is 6.92 Å². The lowest BCUT2D eigenvalue weighted by Crippen LogP contribution is -2.34. The summed E-state index contributed by atoms with van der Waals surface area (Å²) in [6.45, 7) is 3.13. The SMILES string of the molecule is CC(NC(=O)c1cc(S(=O)(=O)N2CCCC2)cn1C)C1CC1. The monoisotopic (exact) mass is 325 g/mol. The molecule has 1 atom stereocenters. The number of hydrogen-bond acceptors (Lipinski definition) is 3. The van der Waals surface area contributed by atoms with E-state index in [1.54, 1.807) is 11.6 Å². The summed E-state index contributed by atoms with van der Waals surface area (Å²) < 4.78 is 28.2. The van der Waals surface area contributed by atoms with Crippen molar-refractivity contribution in [3.8, 4) is 0 Å². The van der Waals surface area contributed by atoms with Gasteiger partial charge in [0.25, 0.3) is 5.91 Å². The topological polar surface area (TPSA) is 71.4 Å². The smallest absolute Gasteiger partial charge is 0.268 e. The quantitative estimate of drug-likeness (QED) is 0.888. The lowest BCUT2D eigenvalue weighted by Gasteiger charge is -2.13. The molecular weight excluding hydrogens is 302 g/mol. The molecule has 0 spiro atoms. The molecule has 1 aliphatic heterocycles. The van der Waals surface area contributed by atoms with Gasteiger partial charge in [0.1, 0.15) is 10.6 Å². The van der Waals surface area contributed by atoms with Crippen molar-refractivity contribution in [2.24, 2.45) is 13.0 Å². The van der Waals surface area contributed by atoms with Crippen LogP contribution in [0.15, 0.2) is 17.2 Å². The minimum atomic E-state index is -3.47. The molecule has 2 aliphatic rings. The Bertz CT molecular complexity index is 670. The molecule has 1 amide bonds. The zero-order valence-corrected chi connectivity index (χ0v) is 13.9. The summed E-state index contributed by atoms with van der Waals surface area (Å²) in [7, 11) is -1.77. The zero-order valence-electron chi connectivity index (χ0n) is 13.1. The predicted molar refractivity (Wildman–Crippen MR) is 83.1 cm³/mol. The molecule has 0 radical (unpaired) electrons. The molecule has 1 saturated heterocycles. The third kappa shape index (κ3) is 2.92. The van der Waals surface area contributed by atoms with Crippen LogP contribution < -0.4 is 5.32 Å². The van der Waals surface area contributed by atoms with E-state index in [4.69, 9.17) is 0 Å². The minimum absolute atomic E-state index is 0.140. The van der Waals surface area contributed by atoms with Crippen LogP contribution in [0.1, 0.15) is 43.1 Å². The summed E-state index contributed by atoms with van der Waals surface area (Å²) in [5.41, 5.74) is 0.394. The fraction of sp³-hybridized carbons (Fsp3) is 0.667. The summed E-state index contributed by atoms with van der Waals surface area (Å²) in [6, 6.07) is 1.63. The highest BCUT2D eigenvalue weighted by Crippen LogP contribution is 2.32. The van der Waals surface area contributed by atoms with Crippen molar-refractivity contribution in [1.82, 2.24) is 14.2 Å². The first-order valence-corrected chi connectivity index (χ1v) is 9.31. The number of nitrogens with zero attached hydrogens (tertiary/aromatic N) is 2. The Labute approximate surface area is 131 Å². The van der Waals surface area contributed by atoms with E-state index in [0.717, 1.165) is 25.7 Å². The van der Waals surface area contributed by atoms with Gasteiger partial charge in [0, 0.05) is 32.4 Å². The number of carbonyl (C=O) groups excluding carboxylic acids is 1. The second kappa shape index (κ2) is 5.70. The lowest BCUT2D eigenvalue weighted by molar-refractivity contribution is 0.0927. The third-order valence-electron chi connectivity index (χ3n) is 4.60. The molecule has 22 heavy (non-hydrogen) atoms. The number of nitrogens with one attached hydrogen (secondary N) is 1. The Morgan fingerprint density at radius 3 is 2.55 bits per heavy atom. The van der Waals surface area contributed by atoms with Crippen molar-refractivity contribution in [2.45, 2.75) is 43.5 Å². The summed E-state index contributed by atoms with van der Waals surface area (Å²) in [6.07, 6.45) is 5.65. The third-order valence-corrected chi connectivity index (χ3v) is 6.47. The highest BCUT2D eigenvalue weighted by atomic mass is 32.2. The first-order chi connectivity index (χ1) is 10.4. The Kier molecular flexibility index (Phi) is 4.03. The fourth-order valence-corrected chi connectivity index (χ4v) is 4.56. The maximum Gasteiger partial charge on any atom is 0.268 e. The second-order valence-corrected chi connectivity index (χ2v) is 8.32. The Hall–Kier alpha value is -1.34. The Morgan fingerprint density at radius 2 is 1.95 bits per heavy atom. The van der Waals surface area contributed by atoms with Crippen LogP contribution in [0.4, 0.5) is 0 Å². The van der Waals surface area contributed by atoms with Gasteiger partial charge in [-0.3, -0.25) is 4.79 Å². The van der Waals surface area contributed by atoms with Crippen molar-refractivity contribution in [3.63, 3.8) is 0 Å². The summed E-state index contributed by atoms with van der Waals surface area (Å²) in [5, 5.41) is 2.97. The molecule has 1 aliphatic carbocycles. The van der Waals surface area contributed by atoms with Crippen LogP contribution in [-0.2, 0) is 17.1 Å². The van der Waals surface area contributed by atoms with Crippen molar-refractivity contribution in [2.75, 3.05) is 13.1 Å².